The molecule has 4 rings (SSSR count). The number of carbonyl (C=O) groups is 1. The molecule has 1 fully saturated rings. The number of fused-ring (bicyclic) bond motifs is 1. The van der Waals surface area contributed by atoms with Gasteiger partial charge in [0.05, 0.1) is 5.52 Å². The van der Waals surface area contributed by atoms with Crippen LogP contribution >= 0.6 is 0 Å². The minimum absolute atomic E-state index is 0.336. The van der Waals surface area contributed by atoms with E-state index in [4.69, 9.17) is 10.5 Å². The Morgan fingerprint density at radius 3 is 2.86 bits per heavy atom. The van der Waals surface area contributed by atoms with Gasteiger partial charge in [-0.15, -0.1) is 0 Å². The molecule has 0 radical (unpaired) electrons. The molecule has 1 amide bonds. The normalized spacial score (nSPS) is 15.4. The van der Waals surface area contributed by atoms with Crippen LogP contribution in [0.25, 0.3) is 22.4 Å². The van der Waals surface area contributed by atoms with Crippen molar-refractivity contribution in [3.05, 3.63) is 36.5 Å². The van der Waals surface area contributed by atoms with Gasteiger partial charge < -0.3 is 25.3 Å². The summed E-state index contributed by atoms with van der Waals surface area (Å²) in [5.41, 5.74) is 7.35. The second kappa shape index (κ2) is 8.48. The lowest BCUT2D eigenvalue weighted by atomic mass is 10.2. The molecule has 0 aliphatic carbocycles. The molecule has 1 aliphatic heterocycles. The maximum Gasteiger partial charge on any atom is 0.410 e. The van der Waals surface area contributed by atoms with Crippen molar-refractivity contribution in [3.8, 4) is 17.1 Å². The highest BCUT2D eigenvalue weighted by molar-refractivity contribution is 5.87. The van der Waals surface area contributed by atoms with E-state index in [2.05, 4.69) is 31.7 Å². The van der Waals surface area contributed by atoms with E-state index >= 15 is 0 Å². The number of nitrogens with zero attached hydrogens (tertiary/aromatic N) is 4. The molecule has 152 valence electrons. The smallest absolute Gasteiger partial charge is 0.408 e. The molecule has 29 heavy (non-hydrogen) atoms. The van der Waals surface area contributed by atoms with Crippen LogP contribution in [0.1, 0.15) is 19.8 Å². The van der Waals surface area contributed by atoms with Crippen molar-refractivity contribution in [2.45, 2.75) is 19.8 Å². The summed E-state index contributed by atoms with van der Waals surface area (Å²) < 4.78 is 5.04. The molecule has 0 saturated carbocycles. The number of para-hydroxylation sites is 1. The molecule has 1 aromatic carbocycles. The SMILES string of the molecule is CCCN1CCCN(c2ccc(-c3nc4c(OC(N)=O)cccc4[nH]3)cn2)CC1. The third kappa shape index (κ3) is 4.32. The molecule has 3 aromatic rings. The summed E-state index contributed by atoms with van der Waals surface area (Å²) >= 11 is 0. The molecule has 3 N–H and O–H groups in total. The van der Waals surface area contributed by atoms with Gasteiger partial charge in [0.1, 0.15) is 17.2 Å². The molecule has 0 bridgehead atoms. The largest absolute Gasteiger partial charge is 0.410 e. The van der Waals surface area contributed by atoms with E-state index in [0.29, 0.717) is 17.1 Å². The van der Waals surface area contributed by atoms with Gasteiger partial charge in [0, 0.05) is 31.4 Å². The Hall–Kier alpha value is -3.13. The highest BCUT2D eigenvalue weighted by atomic mass is 16.5. The summed E-state index contributed by atoms with van der Waals surface area (Å²) in [4.78, 5) is 28.5. The zero-order valence-corrected chi connectivity index (χ0v) is 16.6. The number of hydrogen-bond donors (Lipinski definition) is 2. The number of aromatic amines is 1. The standard InChI is InChI=1S/C21H26N6O2/c1-2-9-26-10-4-11-27(13-12-26)18-8-7-15(14-23-18)20-24-16-5-3-6-17(19(16)25-20)29-21(22)28/h3,5-8,14H,2,4,9-13H2,1H3,(H2,22,28)(H,24,25). The second-order valence-corrected chi connectivity index (χ2v) is 7.25. The molecule has 1 aliphatic rings. The van der Waals surface area contributed by atoms with Gasteiger partial charge in [0.2, 0.25) is 0 Å². The van der Waals surface area contributed by atoms with Gasteiger partial charge in [-0.2, -0.15) is 0 Å². The molecule has 3 heterocycles. The quantitative estimate of drug-likeness (QED) is 0.690. The number of amides is 1. The van der Waals surface area contributed by atoms with Crippen LogP contribution in [-0.4, -0.2) is 58.7 Å². The fraction of sp³-hybridized carbons (Fsp3) is 0.381. The van der Waals surface area contributed by atoms with Crippen LogP contribution in [-0.2, 0) is 0 Å². The number of carbonyl (C=O) groups excluding carboxylic acids is 1. The molecular formula is C21H26N6O2. The summed E-state index contributed by atoms with van der Waals surface area (Å²) in [6.45, 7) is 7.62. The van der Waals surface area contributed by atoms with E-state index in [-0.39, 0.29) is 0 Å². The summed E-state index contributed by atoms with van der Waals surface area (Å²) in [5, 5.41) is 0. The van der Waals surface area contributed by atoms with Gasteiger partial charge in [-0.05, 0) is 50.2 Å². The number of aromatic nitrogens is 3. The Bertz CT molecular complexity index is 985. The van der Waals surface area contributed by atoms with Gasteiger partial charge in [-0.25, -0.2) is 14.8 Å². The number of rotatable bonds is 5. The van der Waals surface area contributed by atoms with Crippen molar-refractivity contribution in [3.63, 3.8) is 0 Å². The van der Waals surface area contributed by atoms with Crippen LogP contribution in [0.4, 0.5) is 10.6 Å². The Morgan fingerprint density at radius 2 is 2.10 bits per heavy atom. The molecule has 1 saturated heterocycles. The van der Waals surface area contributed by atoms with Gasteiger partial charge in [-0.1, -0.05) is 13.0 Å². The van der Waals surface area contributed by atoms with E-state index in [1.165, 1.54) is 6.42 Å². The Morgan fingerprint density at radius 1 is 1.21 bits per heavy atom. The number of benzene rings is 1. The van der Waals surface area contributed by atoms with Gasteiger partial charge >= 0.3 is 6.09 Å². The lowest BCUT2D eigenvalue weighted by molar-refractivity contribution is 0.211. The van der Waals surface area contributed by atoms with Crippen LogP contribution in [0.5, 0.6) is 5.75 Å². The van der Waals surface area contributed by atoms with Crippen LogP contribution in [0, 0.1) is 0 Å². The molecular weight excluding hydrogens is 368 g/mol. The summed E-state index contributed by atoms with van der Waals surface area (Å²) in [6, 6.07) is 9.38. The minimum Gasteiger partial charge on any atom is -0.408 e. The zero-order valence-electron chi connectivity index (χ0n) is 16.6. The maximum atomic E-state index is 11.1. The third-order valence-corrected chi connectivity index (χ3v) is 5.16. The molecule has 0 atom stereocenters. The van der Waals surface area contributed by atoms with E-state index in [1.807, 2.05) is 24.4 Å². The fourth-order valence-corrected chi connectivity index (χ4v) is 3.79. The average Bonchev–Trinajstić information content (AvgIpc) is 3.02. The lowest BCUT2D eigenvalue weighted by Crippen LogP contribution is -2.31. The van der Waals surface area contributed by atoms with Crippen molar-refractivity contribution in [2.24, 2.45) is 5.73 Å². The minimum atomic E-state index is -0.858. The number of nitrogens with one attached hydrogen (secondary N) is 1. The highest BCUT2D eigenvalue weighted by Crippen LogP contribution is 2.27. The zero-order chi connectivity index (χ0) is 20.2. The first-order chi connectivity index (χ1) is 14.1. The topological polar surface area (TPSA) is 100 Å². The summed E-state index contributed by atoms with van der Waals surface area (Å²) in [5.74, 6) is 1.99. The predicted octanol–water partition coefficient (Wildman–Crippen LogP) is 3.00. The molecule has 8 heteroatoms. The van der Waals surface area contributed by atoms with Crippen LogP contribution < -0.4 is 15.4 Å². The Labute approximate surface area is 169 Å². The third-order valence-electron chi connectivity index (χ3n) is 5.16. The second-order valence-electron chi connectivity index (χ2n) is 7.25. The van der Waals surface area contributed by atoms with Crippen LogP contribution in [0.15, 0.2) is 36.5 Å². The predicted molar refractivity (Wildman–Crippen MR) is 113 cm³/mol. The van der Waals surface area contributed by atoms with Crippen molar-refractivity contribution < 1.29 is 9.53 Å². The van der Waals surface area contributed by atoms with Crippen molar-refractivity contribution in [1.82, 2.24) is 19.9 Å². The monoisotopic (exact) mass is 394 g/mol. The Kier molecular flexibility index (Phi) is 5.62. The number of primary amides is 1. The van der Waals surface area contributed by atoms with Gasteiger partial charge in [-0.3, -0.25) is 0 Å². The van der Waals surface area contributed by atoms with Gasteiger partial charge in [0.15, 0.2) is 5.75 Å². The molecule has 0 spiro atoms. The number of ether oxygens (including phenoxy) is 1. The van der Waals surface area contributed by atoms with Crippen LogP contribution in [0.3, 0.4) is 0 Å². The van der Waals surface area contributed by atoms with Crippen LogP contribution in [0.2, 0.25) is 0 Å². The average molecular weight is 394 g/mol. The van der Waals surface area contributed by atoms with E-state index in [0.717, 1.165) is 56.0 Å². The van der Waals surface area contributed by atoms with E-state index in [1.54, 1.807) is 12.1 Å². The maximum absolute atomic E-state index is 11.1. The summed E-state index contributed by atoms with van der Waals surface area (Å²) in [6.07, 6.45) is 3.31. The number of anilines is 1. The fourth-order valence-electron chi connectivity index (χ4n) is 3.79. The summed E-state index contributed by atoms with van der Waals surface area (Å²) in [7, 11) is 0. The van der Waals surface area contributed by atoms with Crippen molar-refractivity contribution >= 4 is 22.9 Å². The van der Waals surface area contributed by atoms with Gasteiger partial charge in [0.25, 0.3) is 0 Å². The number of pyridine rings is 1. The molecule has 2 aromatic heterocycles. The first-order valence-corrected chi connectivity index (χ1v) is 10.0. The number of nitrogens with two attached hydrogens (primary N) is 1. The van der Waals surface area contributed by atoms with E-state index in [9.17, 15) is 4.79 Å². The molecule has 8 nitrogen and oxygen atoms in total. The number of H-pyrrole nitrogens is 1. The Balaban J connectivity index is 1.53. The first-order valence-electron chi connectivity index (χ1n) is 10.0. The first kappa shape index (κ1) is 19.2. The van der Waals surface area contributed by atoms with Crippen molar-refractivity contribution in [2.75, 3.05) is 37.6 Å². The number of hydrogen-bond acceptors (Lipinski definition) is 6. The number of imidazole rings is 1. The molecule has 0 unspecified atom stereocenters. The lowest BCUT2D eigenvalue weighted by Gasteiger charge is -2.22. The van der Waals surface area contributed by atoms with Crippen molar-refractivity contribution in [1.29, 1.82) is 0 Å². The van der Waals surface area contributed by atoms with E-state index < -0.39 is 6.09 Å². The highest BCUT2D eigenvalue weighted by Gasteiger charge is 2.16.